The number of likely N-dealkylation sites (tertiary alicyclic amines) is 1. The van der Waals surface area contributed by atoms with Crippen LogP contribution in [0.15, 0.2) is 24.5 Å². The number of piperidine rings is 1. The lowest BCUT2D eigenvalue weighted by Gasteiger charge is -2.29. The van der Waals surface area contributed by atoms with Crippen molar-refractivity contribution in [2.24, 2.45) is 0 Å². The number of carbonyl (C=O) groups excluding carboxylic acids is 1. The second-order valence-electron chi connectivity index (χ2n) is 4.81. The molecule has 1 amide bonds. The van der Waals surface area contributed by atoms with Crippen molar-refractivity contribution in [2.75, 3.05) is 13.1 Å². The molecule has 6 heteroatoms. The van der Waals surface area contributed by atoms with E-state index >= 15 is 0 Å². The van der Waals surface area contributed by atoms with E-state index in [0.29, 0.717) is 19.5 Å². The molecule has 1 saturated heterocycles. The largest absolute Gasteiger partial charge is 0.465 e. The van der Waals surface area contributed by atoms with Crippen molar-refractivity contribution in [3.63, 3.8) is 0 Å². The van der Waals surface area contributed by atoms with E-state index in [2.05, 4.69) is 4.98 Å². The molecule has 0 spiro atoms. The fraction of sp³-hybridized carbons (Fsp3) is 0.500. The fourth-order valence-electron chi connectivity index (χ4n) is 2.21. The summed E-state index contributed by atoms with van der Waals surface area (Å²) in [5.41, 5.74) is 1.12. The Morgan fingerprint density at radius 3 is 2.55 bits per heavy atom. The molecule has 1 aromatic heterocycles. The third kappa shape index (κ3) is 4.52. The van der Waals surface area contributed by atoms with Gasteiger partial charge in [-0.3, -0.25) is 9.78 Å². The second kappa shape index (κ2) is 7.28. The van der Waals surface area contributed by atoms with Gasteiger partial charge in [-0.05, 0) is 37.0 Å². The minimum Gasteiger partial charge on any atom is -0.465 e. The Bertz CT molecular complexity index is 459. The van der Waals surface area contributed by atoms with Gasteiger partial charge in [-0.25, -0.2) is 4.79 Å². The molecule has 1 N–H and O–H groups in total. The Labute approximate surface area is 122 Å². The first-order valence-corrected chi connectivity index (χ1v) is 7.59. The summed E-state index contributed by atoms with van der Waals surface area (Å²) in [6.07, 6.45) is 5.38. The zero-order chi connectivity index (χ0) is 14.4. The van der Waals surface area contributed by atoms with E-state index in [1.165, 1.54) is 16.7 Å². The maximum absolute atomic E-state index is 11.9. The Balaban J connectivity index is 1.69. The van der Waals surface area contributed by atoms with E-state index in [1.54, 1.807) is 12.4 Å². The Morgan fingerprint density at radius 1 is 1.30 bits per heavy atom. The van der Waals surface area contributed by atoms with Crippen LogP contribution >= 0.6 is 11.8 Å². The molecular weight excluding hydrogens is 276 g/mol. The molecule has 0 aliphatic carbocycles. The van der Waals surface area contributed by atoms with Gasteiger partial charge in [-0.15, -0.1) is 0 Å². The average molecular weight is 294 g/mol. The highest BCUT2D eigenvalue weighted by molar-refractivity contribution is 8.14. The highest BCUT2D eigenvalue weighted by Crippen LogP contribution is 2.25. The summed E-state index contributed by atoms with van der Waals surface area (Å²) in [6, 6.07) is 3.84. The molecule has 0 saturated carbocycles. The maximum atomic E-state index is 11.9. The Hall–Kier alpha value is -1.56. The number of thioether (sulfide) groups is 1. The van der Waals surface area contributed by atoms with Gasteiger partial charge < -0.3 is 10.0 Å². The number of amides is 1. The molecule has 20 heavy (non-hydrogen) atoms. The smallest absolute Gasteiger partial charge is 0.407 e. The second-order valence-corrected chi connectivity index (χ2v) is 6.17. The van der Waals surface area contributed by atoms with Crippen molar-refractivity contribution in [2.45, 2.75) is 30.9 Å². The molecule has 2 heterocycles. The van der Waals surface area contributed by atoms with Crippen LogP contribution < -0.4 is 0 Å². The average Bonchev–Trinajstić information content (AvgIpc) is 2.47. The van der Waals surface area contributed by atoms with Crippen molar-refractivity contribution in [3.8, 4) is 0 Å². The first kappa shape index (κ1) is 14.8. The molecule has 1 aromatic rings. The molecule has 0 atom stereocenters. The highest BCUT2D eigenvalue weighted by Gasteiger charge is 2.24. The summed E-state index contributed by atoms with van der Waals surface area (Å²) in [5, 5.41) is 9.31. The Kier molecular flexibility index (Phi) is 5.40. The number of aromatic nitrogens is 1. The lowest BCUT2D eigenvalue weighted by Crippen LogP contribution is -2.38. The third-order valence-electron chi connectivity index (χ3n) is 3.38. The molecule has 1 aliphatic rings. The molecule has 0 radical (unpaired) electrons. The van der Waals surface area contributed by atoms with Gasteiger partial charge in [0.25, 0.3) is 0 Å². The van der Waals surface area contributed by atoms with Crippen molar-refractivity contribution in [1.82, 2.24) is 9.88 Å². The SMILES string of the molecule is O=C(CCc1ccncc1)SC1CCN(C(=O)O)CC1. The van der Waals surface area contributed by atoms with E-state index in [0.717, 1.165) is 24.8 Å². The summed E-state index contributed by atoms with van der Waals surface area (Å²) in [6.45, 7) is 1.06. The van der Waals surface area contributed by atoms with Crippen LogP contribution in [-0.4, -0.2) is 44.5 Å². The van der Waals surface area contributed by atoms with E-state index in [1.807, 2.05) is 12.1 Å². The van der Waals surface area contributed by atoms with E-state index in [9.17, 15) is 9.59 Å². The van der Waals surface area contributed by atoms with Gasteiger partial charge in [0.05, 0.1) is 0 Å². The minimum absolute atomic E-state index is 0.190. The van der Waals surface area contributed by atoms with E-state index in [4.69, 9.17) is 5.11 Å². The number of carboxylic acid groups (broad SMARTS) is 1. The monoisotopic (exact) mass is 294 g/mol. The Morgan fingerprint density at radius 2 is 1.95 bits per heavy atom. The van der Waals surface area contributed by atoms with Gasteiger partial charge in [0.1, 0.15) is 0 Å². The third-order valence-corrected chi connectivity index (χ3v) is 4.65. The van der Waals surface area contributed by atoms with Crippen LogP contribution in [0.25, 0.3) is 0 Å². The first-order valence-electron chi connectivity index (χ1n) is 6.71. The molecule has 0 unspecified atom stereocenters. The first-order chi connectivity index (χ1) is 9.65. The van der Waals surface area contributed by atoms with Gasteiger partial charge in [0.15, 0.2) is 5.12 Å². The number of rotatable bonds is 4. The van der Waals surface area contributed by atoms with E-state index < -0.39 is 6.09 Å². The molecule has 0 bridgehead atoms. The van der Waals surface area contributed by atoms with Crippen LogP contribution in [0, 0.1) is 0 Å². The number of hydrogen-bond donors (Lipinski definition) is 1. The van der Waals surface area contributed by atoms with Crippen molar-refractivity contribution in [1.29, 1.82) is 0 Å². The fourth-order valence-corrected chi connectivity index (χ4v) is 3.24. The number of carbonyl (C=O) groups is 2. The van der Waals surface area contributed by atoms with Crippen molar-refractivity contribution in [3.05, 3.63) is 30.1 Å². The lowest BCUT2D eigenvalue weighted by molar-refractivity contribution is -0.111. The predicted molar refractivity (Wildman–Crippen MR) is 77.8 cm³/mol. The standard InChI is InChI=1S/C14H18N2O3S/c17-13(2-1-11-3-7-15-8-4-11)20-12-5-9-16(10-6-12)14(18)19/h3-4,7-8,12H,1-2,5-6,9-10H2,(H,18,19). The number of pyridine rings is 1. The van der Waals surface area contributed by atoms with Crippen LogP contribution in [0.2, 0.25) is 0 Å². The van der Waals surface area contributed by atoms with Crippen LogP contribution in [0.1, 0.15) is 24.8 Å². The van der Waals surface area contributed by atoms with Gasteiger partial charge in [-0.1, -0.05) is 11.8 Å². The molecule has 0 aromatic carbocycles. The summed E-state index contributed by atoms with van der Waals surface area (Å²) in [7, 11) is 0. The van der Waals surface area contributed by atoms with Gasteiger partial charge >= 0.3 is 6.09 Å². The molecule has 1 aliphatic heterocycles. The molecule has 5 nitrogen and oxygen atoms in total. The van der Waals surface area contributed by atoms with Crippen LogP contribution in [-0.2, 0) is 11.2 Å². The van der Waals surface area contributed by atoms with Crippen LogP contribution in [0.5, 0.6) is 0 Å². The zero-order valence-electron chi connectivity index (χ0n) is 11.2. The molecular formula is C14H18N2O3S. The van der Waals surface area contributed by atoms with Crippen molar-refractivity contribution >= 4 is 23.0 Å². The van der Waals surface area contributed by atoms with Gasteiger partial charge in [-0.2, -0.15) is 0 Å². The van der Waals surface area contributed by atoms with Crippen molar-refractivity contribution < 1.29 is 14.7 Å². The number of hydrogen-bond acceptors (Lipinski definition) is 4. The summed E-state index contributed by atoms with van der Waals surface area (Å²) in [4.78, 5) is 28.1. The summed E-state index contributed by atoms with van der Waals surface area (Å²) >= 11 is 1.38. The summed E-state index contributed by atoms with van der Waals surface area (Å²) in [5.74, 6) is 0. The molecule has 108 valence electrons. The lowest BCUT2D eigenvalue weighted by atomic mass is 10.1. The summed E-state index contributed by atoms with van der Waals surface area (Å²) < 4.78 is 0. The highest BCUT2D eigenvalue weighted by atomic mass is 32.2. The predicted octanol–water partition coefficient (Wildman–Crippen LogP) is 2.42. The van der Waals surface area contributed by atoms with Gasteiger partial charge in [0.2, 0.25) is 0 Å². The molecule has 2 rings (SSSR count). The zero-order valence-corrected chi connectivity index (χ0v) is 12.0. The topological polar surface area (TPSA) is 70.5 Å². The van der Waals surface area contributed by atoms with Crippen LogP contribution in [0.3, 0.4) is 0 Å². The maximum Gasteiger partial charge on any atom is 0.407 e. The van der Waals surface area contributed by atoms with E-state index in [-0.39, 0.29) is 10.4 Å². The normalized spacial score (nSPS) is 16.1. The molecule has 1 fully saturated rings. The van der Waals surface area contributed by atoms with Gasteiger partial charge in [0, 0.05) is 37.2 Å². The minimum atomic E-state index is -0.863. The van der Waals surface area contributed by atoms with Crippen LogP contribution in [0.4, 0.5) is 4.79 Å². The number of nitrogens with zero attached hydrogens (tertiary/aromatic N) is 2. The number of aryl methyl sites for hydroxylation is 1. The quantitative estimate of drug-likeness (QED) is 0.923.